The summed E-state index contributed by atoms with van der Waals surface area (Å²) >= 11 is 0. The molecule has 1 saturated heterocycles. The second-order valence-electron chi connectivity index (χ2n) is 6.26. The zero-order valence-electron chi connectivity index (χ0n) is 13.3. The molecule has 1 aromatic rings. The molecular formula is C18H29NO. The molecule has 0 aromatic heterocycles. The van der Waals surface area contributed by atoms with Crippen molar-refractivity contribution < 1.29 is 4.74 Å². The Morgan fingerprint density at radius 2 is 1.80 bits per heavy atom. The molecule has 0 aliphatic carbocycles. The van der Waals surface area contributed by atoms with E-state index in [4.69, 9.17) is 4.74 Å². The molecule has 1 aromatic carbocycles. The molecule has 20 heavy (non-hydrogen) atoms. The van der Waals surface area contributed by atoms with Crippen LogP contribution in [0.2, 0.25) is 0 Å². The molecule has 3 atom stereocenters. The van der Waals surface area contributed by atoms with E-state index >= 15 is 0 Å². The van der Waals surface area contributed by atoms with E-state index in [2.05, 4.69) is 63.3 Å². The van der Waals surface area contributed by atoms with Gasteiger partial charge >= 0.3 is 0 Å². The van der Waals surface area contributed by atoms with Crippen molar-refractivity contribution in [2.75, 3.05) is 6.54 Å². The highest BCUT2D eigenvalue weighted by Crippen LogP contribution is 2.33. The smallest absolute Gasteiger partial charge is 0.0984 e. The third-order valence-electron chi connectivity index (χ3n) is 4.62. The average molecular weight is 275 g/mol. The molecular weight excluding hydrogens is 246 g/mol. The van der Waals surface area contributed by atoms with Crippen LogP contribution < -0.4 is 5.32 Å². The van der Waals surface area contributed by atoms with Crippen LogP contribution in [-0.2, 0) is 4.74 Å². The molecule has 112 valence electrons. The highest BCUT2D eigenvalue weighted by Gasteiger charge is 2.35. The third-order valence-corrected chi connectivity index (χ3v) is 4.62. The molecule has 1 aliphatic rings. The first-order chi connectivity index (χ1) is 9.67. The van der Waals surface area contributed by atoms with E-state index in [0.717, 1.165) is 6.54 Å². The van der Waals surface area contributed by atoms with Gasteiger partial charge in [-0.15, -0.1) is 0 Å². The Bertz CT molecular complexity index is 386. The molecule has 2 nitrogen and oxygen atoms in total. The fourth-order valence-corrected chi connectivity index (χ4v) is 3.29. The second kappa shape index (κ2) is 7.24. The normalized spacial score (nSPS) is 27.2. The first kappa shape index (κ1) is 15.5. The molecule has 0 radical (unpaired) electrons. The molecule has 0 bridgehead atoms. The van der Waals surface area contributed by atoms with Crippen molar-refractivity contribution in [1.82, 2.24) is 5.32 Å². The number of hydrogen-bond acceptors (Lipinski definition) is 2. The number of morpholine rings is 1. The summed E-state index contributed by atoms with van der Waals surface area (Å²) in [6.07, 6.45) is 2.90. The minimum atomic E-state index is 0.176. The summed E-state index contributed by atoms with van der Waals surface area (Å²) < 4.78 is 6.53. The molecule has 2 heteroatoms. The van der Waals surface area contributed by atoms with Gasteiger partial charge in [-0.1, -0.05) is 70.9 Å². The summed E-state index contributed by atoms with van der Waals surface area (Å²) in [5, 5.41) is 3.74. The Balaban J connectivity index is 2.18. The Morgan fingerprint density at radius 1 is 1.15 bits per heavy atom. The van der Waals surface area contributed by atoms with E-state index in [9.17, 15) is 0 Å². The standard InChI is InChI=1S/C18H29NO/c1-5-14(6-2)16-12-19-17(13(3)4)18(20-16)15-10-8-7-9-11-15/h7-11,13-14,16-19H,5-6,12H2,1-4H3. The van der Waals surface area contributed by atoms with Crippen molar-refractivity contribution in [1.29, 1.82) is 0 Å². The van der Waals surface area contributed by atoms with Crippen LogP contribution in [0.25, 0.3) is 0 Å². The fraction of sp³-hybridized carbons (Fsp3) is 0.667. The van der Waals surface area contributed by atoms with Crippen molar-refractivity contribution in [3.05, 3.63) is 35.9 Å². The number of benzene rings is 1. The van der Waals surface area contributed by atoms with E-state index < -0.39 is 0 Å². The molecule has 3 unspecified atom stereocenters. The first-order valence-electron chi connectivity index (χ1n) is 8.11. The molecule has 0 saturated carbocycles. The number of nitrogens with one attached hydrogen (secondary N) is 1. The monoisotopic (exact) mass is 275 g/mol. The minimum Gasteiger partial charge on any atom is -0.367 e. The predicted octanol–water partition coefficient (Wildman–Crippen LogP) is 4.18. The first-order valence-corrected chi connectivity index (χ1v) is 8.11. The lowest BCUT2D eigenvalue weighted by atomic mass is 9.88. The lowest BCUT2D eigenvalue weighted by Gasteiger charge is -2.42. The van der Waals surface area contributed by atoms with Crippen molar-refractivity contribution in [3.8, 4) is 0 Å². The van der Waals surface area contributed by atoms with Gasteiger partial charge < -0.3 is 10.1 Å². The molecule has 2 rings (SSSR count). The Labute approximate surface area is 123 Å². The SMILES string of the molecule is CCC(CC)C1CNC(C(C)C)C(c2ccccc2)O1. The van der Waals surface area contributed by atoms with Gasteiger partial charge in [0, 0.05) is 12.6 Å². The van der Waals surface area contributed by atoms with E-state index in [0.29, 0.717) is 24.0 Å². The van der Waals surface area contributed by atoms with Gasteiger partial charge in [0.1, 0.15) is 0 Å². The predicted molar refractivity (Wildman–Crippen MR) is 84.8 cm³/mol. The van der Waals surface area contributed by atoms with E-state index in [1.165, 1.54) is 18.4 Å². The summed E-state index contributed by atoms with van der Waals surface area (Å²) in [5.41, 5.74) is 1.30. The second-order valence-corrected chi connectivity index (χ2v) is 6.26. The quantitative estimate of drug-likeness (QED) is 0.870. The van der Waals surface area contributed by atoms with Gasteiger partial charge in [0.15, 0.2) is 0 Å². The number of hydrogen-bond donors (Lipinski definition) is 1. The Morgan fingerprint density at radius 3 is 2.35 bits per heavy atom. The molecule has 1 heterocycles. The lowest BCUT2D eigenvalue weighted by Crippen LogP contribution is -2.52. The topological polar surface area (TPSA) is 21.3 Å². The van der Waals surface area contributed by atoms with Crippen molar-refractivity contribution >= 4 is 0 Å². The van der Waals surface area contributed by atoms with Crippen molar-refractivity contribution in [2.45, 2.75) is 58.8 Å². The molecule has 1 aliphatic heterocycles. The van der Waals surface area contributed by atoms with Crippen LogP contribution in [0.5, 0.6) is 0 Å². The van der Waals surface area contributed by atoms with Crippen LogP contribution in [0.15, 0.2) is 30.3 Å². The highest BCUT2D eigenvalue weighted by atomic mass is 16.5. The van der Waals surface area contributed by atoms with Gasteiger partial charge in [-0.3, -0.25) is 0 Å². The van der Waals surface area contributed by atoms with Gasteiger partial charge in [0.25, 0.3) is 0 Å². The van der Waals surface area contributed by atoms with Crippen LogP contribution in [0, 0.1) is 11.8 Å². The average Bonchev–Trinajstić information content (AvgIpc) is 2.49. The maximum atomic E-state index is 6.53. The van der Waals surface area contributed by atoms with Crippen molar-refractivity contribution in [2.24, 2.45) is 11.8 Å². The van der Waals surface area contributed by atoms with E-state index in [-0.39, 0.29) is 6.10 Å². The van der Waals surface area contributed by atoms with Crippen LogP contribution in [0.4, 0.5) is 0 Å². The van der Waals surface area contributed by atoms with Gasteiger partial charge in [-0.05, 0) is 17.4 Å². The lowest BCUT2D eigenvalue weighted by molar-refractivity contribution is -0.0995. The van der Waals surface area contributed by atoms with Gasteiger partial charge in [0.05, 0.1) is 12.2 Å². The van der Waals surface area contributed by atoms with E-state index in [1.54, 1.807) is 0 Å². The largest absolute Gasteiger partial charge is 0.367 e. The highest BCUT2D eigenvalue weighted by molar-refractivity contribution is 5.20. The van der Waals surface area contributed by atoms with Gasteiger partial charge in [0.2, 0.25) is 0 Å². The summed E-state index contributed by atoms with van der Waals surface area (Å²) in [6.45, 7) is 10.1. The summed E-state index contributed by atoms with van der Waals surface area (Å²) in [4.78, 5) is 0. The van der Waals surface area contributed by atoms with E-state index in [1.807, 2.05) is 0 Å². The Hall–Kier alpha value is -0.860. The molecule has 1 N–H and O–H groups in total. The minimum absolute atomic E-state index is 0.176. The molecule has 0 amide bonds. The maximum Gasteiger partial charge on any atom is 0.0984 e. The summed E-state index contributed by atoms with van der Waals surface area (Å²) in [7, 11) is 0. The number of ether oxygens (including phenoxy) is 1. The van der Waals surface area contributed by atoms with Gasteiger partial charge in [-0.25, -0.2) is 0 Å². The fourth-order valence-electron chi connectivity index (χ4n) is 3.29. The van der Waals surface area contributed by atoms with Crippen LogP contribution in [0.3, 0.4) is 0 Å². The number of rotatable bonds is 5. The summed E-state index contributed by atoms with van der Waals surface area (Å²) in [6, 6.07) is 11.1. The van der Waals surface area contributed by atoms with Gasteiger partial charge in [-0.2, -0.15) is 0 Å². The molecule has 1 fully saturated rings. The van der Waals surface area contributed by atoms with Crippen LogP contribution >= 0.6 is 0 Å². The Kier molecular flexibility index (Phi) is 5.62. The van der Waals surface area contributed by atoms with Crippen molar-refractivity contribution in [3.63, 3.8) is 0 Å². The maximum absolute atomic E-state index is 6.53. The summed E-state index contributed by atoms with van der Waals surface area (Å²) in [5.74, 6) is 1.23. The molecule has 0 spiro atoms. The third kappa shape index (κ3) is 3.42. The zero-order valence-corrected chi connectivity index (χ0v) is 13.3. The van der Waals surface area contributed by atoms with Crippen LogP contribution in [0.1, 0.15) is 52.2 Å². The van der Waals surface area contributed by atoms with Crippen LogP contribution in [-0.4, -0.2) is 18.7 Å². The zero-order chi connectivity index (χ0) is 14.5.